The van der Waals surface area contributed by atoms with Crippen molar-refractivity contribution in [2.75, 3.05) is 16.8 Å². The van der Waals surface area contributed by atoms with Crippen molar-refractivity contribution in [1.29, 1.82) is 0 Å². The lowest BCUT2D eigenvalue weighted by Crippen LogP contribution is -2.19. The topological polar surface area (TPSA) is 103 Å². The van der Waals surface area contributed by atoms with E-state index >= 15 is 0 Å². The number of carbonyl (C=O) groups is 1. The first-order valence-corrected chi connectivity index (χ1v) is 12.5. The Labute approximate surface area is 191 Å². The molecule has 0 aliphatic carbocycles. The molecule has 1 saturated heterocycles. The fourth-order valence-electron chi connectivity index (χ4n) is 4.02. The Morgan fingerprint density at radius 1 is 1.15 bits per heavy atom. The van der Waals surface area contributed by atoms with E-state index in [1.807, 2.05) is 42.5 Å². The highest BCUT2D eigenvalue weighted by Crippen LogP contribution is 2.27. The summed E-state index contributed by atoms with van der Waals surface area (Å²) in [5, 5.41) is 9.38. The van der Waals surface area contributed by atoms with Crippen molar-refractivity contribution in [2.24, 2.45) is 0 Å². The van der Waals surface area contributed by atoms with Crippen LogP contribution in [0, 0.1) is 6.92 Å². The zero-order chi connectivity index (χ0) is 23.0. The first kappa shape index (κ1) is 21.3. The molecule has 1 N–H and O–H groups in total. The van der Waals surface area contributed by atoms with Crippen LogP contribution in [0.2, 0.25) is 0 Å². The molecule has 2 aromatic heterocycles. The number of furan rings is 1. The van der Waals surface area contributed by atoms with Crippen LogP contribution in [-0.4, -0.2) is 35.6 Å². The molecule has 0 spiro atoms. The average Bonchev–Trinajstić information content (AvgIpc) is 3.50. The van der Waals surface area contributed by atoms with Gasteiger partial charge in [0.2, 0.25) is 0 Å². The third kappa shape index (κ3) is 4.63. The van der Waals surface area contributed by atoms with E-state index in [0.717, 1.165) is 10.8 Å². The predicted molar refractivity (Wildman–Crippen MR) is 124 cm³/mol. The molecule has 9 heteroatoms. The number of nitrogens with zero attached hydrogens (tertiary/aromatic N) is 2. The molecule has 8 nitrogen and oxygen atoms in total. The Morgan fingerprint density at radius 3 is 2.76 bits per heavy atom. The highest BCUT2D eigenvalue weighted by atomic mass is 32.2. The van der Waals surface area contributed by atoms with Crippen molar-refractivity contribution >= 4 is 32.3 Å². The van der Waals surface area contributed by atoms with E-state index in [-0.39, 0.29) is 29.9 Å². The third-order valence-electron chi connectivity index (χ3n) is 5.64. The van der Waals surface area contributed by atoms with Gasteiger partial charge in [-0.05, 0) is 48.4 Å². The molecule has 0 bridgehead atoms. The minimum atomic E-state index is -3.08. The SMILES string of the molecule is Cc1cc(NC(=O)c2ccc(COc3ccc4ccccc4c3)o2)n(C2CCS(=O)(=O)C2)n1. The second kappa shape index (κ2) is 8.40. The summed E-state index contributed by atoms with van der Waals surface area (Å²) in [6.07, 6.45) is 0.476. The van der Waals surface area contributed by atoms with Gasteiger partial charge in [-0.1, -0.05) is 30.3 Å². The summed E-state index contributed by atoms with van der Waals surface area (Å²) in [4.78, 5) is 12.7. The lowest BCUT2D eigenvalue weighted by molar-refractivity contribution is 0.0991. The Hall–Kier alpha value is -3.59. The summed E-state index contributed by atoms with van der Waals surface area (Å²) in [6, 6.07) is 18.6. The number of aromatic nitrogens is 2. The number of aryl methyl sites for hydroxylation is 1. The normalized spacial score (nSPS) is 17.3. The van der Waals surface area contributed by atoms with Gasteiger partial charge in [-0.3, -0.25) is 4.79 Å². The van der Waals surface area contributed by atoms with Crippen molar-refractivity contribution in [3.63, 3.8) is 0 Å². The van der Waals surface area contributed by atoms with Gasteiger partial charge in [0.15, 0.2) is 15.6 Å². The van der Waals surface area contributed by atoms with Crippen molar-refractivity contribution in [1.82, 2.24) is 9.78 Å². The molecule has 170 valence electrons. The minimum Gasteiger partial charge on any atom is -0.486 e. The van der Waals surface area contributed by atoms with Crippen LogP contribution in [0.4, 0.5) is 5.82 Å². The van der Waals surface area contributed by atoms with Crippen LogP contribution in [0.1, 0.15) is 34.5 Å². The molecule has 0 saturated carbocycles. The van der Waals surface area contributed by atoms with Crippen LogP contribution in [-0.2, 0) is 16.4 Å². The van der Waals surface area contributed by atoms with E-state index in [1.54, 1.807) is 29.8 Å². The van der Waals surface area contributed by atoms with Crippen LogP contribution >= 0.6 is 0 Å². The van der Waals surface area contributed by atoms with Crippen molar-refractivity contribution in [2.45, 2.75) is 26.0 Å². The van der Waals surface area contributed by atoms with Crippen molar-refractivity contribution in [3.8, 4) is 5.75 Å². The number of ether oxygens (including phenoxy) is 1. The number of sulfone groups is 1. The largest absolute Gasteiger partial charge is 0.486 e. The van der Waals surface area contributed by atoms with Crippen LogP contribution in [0.25, 0.3) is 10.8 Å². The molecule has 33 heavy (non-hydrogen) atoms. The summed E-state index contributed by atoms with van der Waals surface area (Å²) >= 11 is 0. The predicted octanol–water partition coefficient (Wildman–Crippen LogP) is 4.13. The van der Waals surface area contributed by atoms with Crippen molar-refractivity contribution in [3.05, 3.63) is 77.9 Å². The molecule has 1 atom stereocenters. The summed E-state index contributed by atoms with van der Waals surface area (Å²) in [6.45, 7) is 1.98. The van der Waals surface area contributed by atoms with Crippen molar-refractivity contribution < 1.29 is 22.4 Å². The second-order valence-corrected chi connectivity index (χ2v) is 10.4. The number of nitrogens with one attached hydrogen (secondary N) is 1. The van der Waals surface area contributed by atoms with E-state index in [2.05, 4.69) is 10.4 Å². The molecule has 1 amide bonds. The van der Waals surface area contributed by atoms with E-state index in [4.69, 9.17) is 9.15 Å². The first-order valence-electron chi connectivity index (χ1n) is 10.6. The molecule has 3 heterocycles. The van der Waals surface area contributed by atoms with E-state index in [1.165, 1.54) is 0 Å². The van der Waals surface area contributed by atoms with Crippen LogP contribution in [0.5, 0.6) is 5.75 Å². The number of anilines is 1. The number of hydrogen-bond acceptors (Lipinski definition) is 6. The molecule has 5 rings (SSSR count). The summed E-state index contributed by atoms with van der Waals surface area (Å²) in [5.41, 5.74) is 0.693. The number of benzene rings is 2. The fourth-order valence-corrected chi connectivity index (χ4v) is 5.72. The average molecular weight is 466 g/mol. The van der Waals surface area contributed by atoms with Crippen LogP contribution < -0.4 is 10.1 Å². The number of carbonyl (C=O) groups excluding carboxylic acids is 1. The maximum atomic E-state index is 12.7. The van der Waals surface area contributed by atoms with Gasteiger partial charge < -0.3 is 14.5 Å². The molecule has 1 aliphatic heterocycles. The Kier molecular flexibility index (Phi) is 5.41. The third-order valence-corrected chi connectivity index (χ3v) is 7.39. The summed E-state index contributed by atoms with van der Waals surface area (Å²) in [5.74, 6) is 1.52. The maximum absolute atomic E-state index is 12.7. The quantitative estimate of drug-likeness (QED) is 0.459. The summed E-state index contributed by atoms with van der Waals surface area (Å²) < 4.78 is 36.8. The van der Waals surface area contributed by atoms with Gasteiger partial charge in [0.1, 0.15) is 23.9 Å². The smallest absolute Gasteiger partial charge is 0.292 e. The van der Waals surface area contributed by atoms with E-state index < -0.39 is 15.7 Å². The minimum absolute atomic E-state index is 0.0218. The van der Waals surface area contributed by atoms with Crippen LogP contribution in [0.15, 0.2) is 65.1 Å². The highest BCUT2D eigenvalue weighted by Gasteiger charge is 2.31. The standard InChI is InChI=1S/C24H23N3O5S/c1-16-12-23(27(26-16)19-10-11-33(29,30)15-19)25-24(28)22-9-8-21(32-22)14-31-20-7-6-17-4-2-3-5-18(17)13-20/h2-9,12-13,19H,10-11,14-15H2,1H3,(H,25,28). The van der Waals surface area contributed by atoms with Crippen LogP contribution in [0.3, 0.4) is 0 Å². The van der Waals surface area contributed by atoms with Gasteiger partial charge in [0.05, 0.1) is 23.2 Å². The van der Waals surface area contributed by atoms with Gasteiger partial charge >= 0.3 is 0 Å². The van der Waals surface area contributed by atoms with Gasteiger partial charge in [0, 0.05) is 6.07 Å². The van der Waals surface area contributed by atoms with E-state index in [9.17, 15) is 13.2 Å². The Balaban J connectivity index is 1.25. The number of amides is 1. The number of rotatable bonds is 6. The van der Waals surface area contributed by atoms with Gasteiger partial charge in [-0.15, -0.1) is 0 Å². The second-order valence-electron chi connectivity index (χ2n) is 8.19. The molecule has 2 aromatic carbocycles. The maximum Gasteiger partial charge on any atom is 0.292 e. The monoisotopic (exact) mass is 465 g/mol. The Bertz CT molecular complexity index is 1440. The van der Waals surface area contributed by atoms with Gasteiger partial charge in [-0.25, -0.2) is 13.1 Å². The molecule has 4 aromatic rings. The van der Waals surface area contributed by atoms with Gasteiger partial charge in [-0.2, -0.15) is 5.10 Å². The lowest BCUT2D eigenvalue weighted by atomic mass is 10.1. The molecular weight excluding hydrogens is 442 g/mol. The van der Waals surface area contributed by atoms with Gasteiger partial charge in [0.25, 0.3) is 5.91 Å². The lowest BCUT2D eigenvalue weighted by Gasteiger charge is -2.13. The fraction of sp³-hybridized carbons (Fsp3) is 0.250. The molecule has 1 fully saturated rings. The molecular formula is C24H23N3O5S. The Morgan fingerprint density at radius 2 is 1.97 bits per heavy atom. The molecule has 1 aliphatic rings. The number of fused-ring (bicyclic) bond motifs is 1. The zero-order valence-electron chi connectivity index (χ0n) is 18.0. The first-order chi connectivity index (χ1) is 15.9. The molecule has 1 unspecified atom stereocenters. The highest BCUT2D eigenvalue weighted by molar-refractivity contribution is 7.91. The number of hydrogen-bond donors (Lipinski definition) is 1. The zero-order valence-corrected chi connectivity index (χ0v) is 18.8. The molecule has 0 radical (unpaired) electrons. The van der Waals surface area contributed by atoms with E-state index in [0.29, 0.717) is 29.4 Å². The summed E-state index contributed by atoms with van der Waals surface area (Å²) in [7, 11) is -3.08.